The maximum Gasteiger partial charge on any atom is 0.0729 e. The first-order chi connectivity index (χ1) is 10.1. The molecular formula is C17H29NO3. The molecule has 21 heavy (non-hydrogen) atoms. The van der Waals surface area contributed by atoms with Gasteiger partial charge >= 0.3 is 0 Å². The van der Waals surface area contributed by atoms with E-state index in [1.807, 2.05) is 0 Å². The first-order valence-corrected chi connectivity index (χ1v) is 8.91. The summed E-state index contributed by atoms with van der Waals surface area (Å²) in [6.07, 6.45) is 6.28. The molecule has 0 radical (unpaired) electrons. The third kappa shape index (κ3) is 2.44. The first-order valence-electron chi connectivity index (χ1n) is 8.91. The van der Waals surface area contributed by atoms with Crippen LogP contribution in [0.5, 0.6) is 0 Å². The van der Waals surface area contributed by atoms with Crippen LogP contribution in [0.4, 0.5) is 0 Å². The van der Waals surface area contributed by atoms with Gasteiger partial charge in [-0.25, -0.2) is 0 Å². The molecule has 0 aromatic heterocycles. The number of rotatable bonds is 0. The average molecular weight is 295 g/mol. The van der Waals surface area contributed by atoms with Gasteiger partial charge in [0.05, 0.1) is 18.3 Å². The second-order valence-electron chi connectivity index (χ2n) is 8.05. The molecule has 4 nitrogen and oxygen atoms in total. The molecule has 2 saturated heterocycles. The lowest BCUT2D eigenvalue weighted by molar-refractivity contribution is -0.144. The zero-order valence-electron chi connectivity index (χ0n) is 12.8. The van der Waals surface area contributed by atoms with E-state index in [2.05, 4.69) is 4.90 Å². The van der Waals surface area contributed by atoms with Gasteiger partial charge in [0.2, 0.25) is 0 Å². The van der Waals surface area contributed by atoms with Gasteiger partial charge in [-0.1, -0.05) is 0 Å². The zero-order valence-corrected chi connectivity index (χ0v) is 12.8. The van der Waals surface area contributed by atoms with Gasteiger partial charge in [-0.15, -0.1) is 0 Å². The summed E-state index contributed by atoms with van der Waals surface area (Å²) < 4.78 is 0. The molecule has 0 amide bonds. The molecule has 2 saturated carbocycles. The standard InChI is InChI=1S/C17H29NO3/c19-12-3-4-14-11(7-12)9-18-6-5-10-1-2-13(20)8-15(10)16(18)17(14)21/h10-17,19-21H,1-9H2. The highest BCUT2D eigenvalue weighted by Gasteiger charge is 2.51. The van der Waals surface area contributed by atoms with Crippen molar-refractivity contribution in [1.29, 1.82) is 0 Å². The zero-order chi connectivity index (χ0) is 14.6. The van der Waals surface area contributed by atoms with Gasteiger partial charge in [-0.2, -0.15) is 0 Å². The van der Waals surface area contributed by atoms with Crippen molar-refractivity contribution in [3.63, 3.8) is 0 Å². The van der Waals surface area contributed by atoms with E-state index in [-0.39, 0.29) is 24.4 Å². The fourth-order valence-corrected chi connectivity index (χ4v) is 5.93. The molecule has 2 heterocycles. The monoisotopic (exact) mass is 295 g/mol. The van der Waals surface area contributed by atoms with Crippen molar-refractivity contribution in [2.45, 2.75) is 69.3 Å². The Bertz CT molecular complexity index is 390. The fourth-order valence-electron chi connectivity index (χ4n) is 5.93. The van der Waals surface area contributed by atoms with Crippen LogP contribution in [-0.4, -0.2) is 57.7 Å². The van der Waals surface area contributed by atoms with Crippen LogP contribution in [0.2, 0.25) is 0 Å². The lowest BCUT2D eigenvalue weighted by Crippen LogP contribution is -2.64. The summed E-state index contributed by atoms with van der Waals surface area (Å²) in [5, 5.41) is 31.0. The van der Waals surface area contributed by atoms with Crippen molar-refractivity contribution >= 4 is 0 Å². The van der Waals surface area contributed by atoms with Crippen LogP contribution in [0.25, 0.3) is 0 Å². The van der Waals surface area contributed by atoms with Crippen molar-refractivity contribution in [1.82, 2.24) is 4.90 Å². The van der Waals surface area contributed by atoms with E-state index in [0.717, 1.165) is 51.6 Å². The van der Waals surface area contributed by atoms with Crippen molar-refractivity contribution in [3.05, 3.63) is 0 Å². The molecule has 0 spiro atoms. The molecule has 3 N–H and O–H groups in total. The van der Waals surface area contributed by atoms with E-state index in [1.54, 1.807) is 0 Å². The van der Waals surface area contributed by atoms with Crippen LogP contribution >= 0.6 is 0 Å². The Morgan fingerprint density at radius 3 is 2.33 bits per heavy atom. The van der Waals surface area contributed by atoms with Crippen LogP contribution in [0.1, 0.15) is 44.9 Å². The van der Waals surface area contributed by atoms with Crippen LogP contribution in [0.3, 0.4) is 0 Å². The third-order valence-electron chi connectivity index (χ3n) is 6.94. The van der Waals surface area contributed by atoms with Gasteiger partial charge in [0.15, 0.2) is 0 Å². The van der Waals surface area contributed by atoms with E-state index in [4.69, 9.17) is 0 Å². The molecule has 0 aromatic rings. The van der Waals surface area contributed by atoms with Gasteiger partial charge < -0.3 is 15.3 Å². The fraction of sp³-hybridized carbons (Fsp3) is 1.00. The number of aliphatic hydroxyl groups is 3. The molecule has 2 aliphatic carbocycles. The molecular weight excluding hydrogens is 266 g/mol. The van der Waals surface area contributed by atoms with Gasteiger partial charge in [0.25, 0.3) is 0 Å². The highest BCUT2D eigenvalue weighted by Crippen LogP contribution is 2.47. The first kappa shape index (κ1) is 14.4. The van der Waals surface area contributed by atoms with Crippen LogP contribution in [-0.2, 0) is 0 Å². The summed E-state index contributed by atoms with van der Waals surface area (Å²) in [5.41, 5.74) is 0. The van der Waals surface area contributed by atoms with E-state index >= 15 is 0 Å². The summed E-state index contributed by atoms with van der Waals surface area (Å²) in [4.78, 5) is 2.49. The molecule has 8 atom stereocenters. The van der Waals surface area contributed by atoms with Gasteiger partial charge in [0, 0.05) is 12.6 Å². The summed E-state index contributed by atoms with van der Waals surface area (Å²) >= 11 is 0. The topological polar surface area (TPSA) is 63.9 Å². The number of hydrogen-bond acceptors (Lipinski definition) is 4. The second kappa shape index (κ2) is 5.48. The molecule has 4 aliphatic rings. The van der Waals surface area contributed by atoms with Crippen molar-refractivity contribution < 1.29 is 15.3 Å². The molecule has 8 unspecified atom stereocenters. The Kier molecular flexibility index (Phi) is 3.77. The van der Waals surface area contributed by atoms with Crippen molar-refractivity contribution in [2.75, 3.05) is 13.1 Å². The summed E-state index contributed by atoms with van der Waals surface area (Å²) in [5.74, 6) is 2.01. The maximum absolute atomic E-state index is 11.0. The highest BCUT2D eigenvalue weighted by molar-refractivity contribution is 5.04. The summed E-state index contributed by atoms with van der Waals surface area (Å²) in [7, 11) is 0. The largest absolute Gasteiger partial charge is 0.393 e. The Hall–Kier alpha value is -0.160. The van der Waals surface area contributed by atoms with Crippen LogP contribution in [0, 0.1) is 23.7 Å². The Balaban J connectivity index is 1.56. The average Bonchev–Trinajstić information content (AvgIpc) is 2.46. The minimum absolute atomic E-state index is 0.163. The van der Waals surface area contributed by atoms with Crippen LogP contribution in [0.15, 0.2) is 0 Å². The molecule has 0 aromatic carbocycles. The van der Waals surface area contributed by atoms with E-state index < -0.39 is 0 Å². The third-order valence-corrected chi connectivity index (χ3v) is 6.94. The minimum Gasteiger partial charge on any atom is -0.393 e. The Morgan fingerprint density at radius 1 is 0.714 bits per heavy atom. The predicted molar refractivity (Wildman–Crippen MR) is 79.7 cm³/mol. The molecule has 4 rings (SSSR count). The predicted octanol–water partition coefficient (Wildman–Crippen LogP) is 0.990. The van der Waals surface area contributed by atoms with E-state index in [0.29, 0.717) is 23.7 Å². The molecule has 120 valence electrons. The molecule has 2 aliphatic heterocycles. The quantitative estimate of drug-likeness (QED) is 0.623. The van der Waals surface area contributed by atoms with Crippen molar-refractivity contribution in [3.8, 4) is 0 Å². The number of nitrogens with zero attached hydrogens (tertiary/aromatic N) is 1. The van der Waals surface area contributed by atoms with Gasteiger partial charge in [-0.3, -0.25) is 4.90 Å². The highest BCUT2D eigenvalue weighted by atomic mass is 16.3. The van der Waals surface area contributed by atoms with E-state index in [1.165, 1.54) is 6.42 Å². The van der Waals surface area contributed by atoms with Crippen LogP contribution < -0.4 is 0 Å². The summed E-state index contributed by atoms with van der Waals surface area (Å²) in [6.45, 7) is 2.14. The molecule has 4 heteroatoms. The number of fused-ring (bicyclic) bond motifs is 4. The smallest absolute Gasteiger partial charge is 0.0729 e. The Morgan fingerprint density at radius 2 is 1.48 bits per heavy atom. The SMILES string of the molecule is OC1CCC2C(C1)CN1CCC3CCC(O)CC3C1C2O. The normalized spacial score (nSPS) is 54.4. The number of aliphatic hydroxyl groups excluding tert-OH is 3. The number of piperidine rings is 2. The van der Waals surface area contributed by atoms with Gasteiger partial charge in [-0.05, 0) is 75.2 Å². The lowest BCUT2D eigenvalue weighted by atomic mass is 9.62. The maximum atomic E-state index is 11.0. The number of hydrogen-bond donors (Lipinski definition) is 3. The second-order valence-corrected chi connectivity index (χ2v) is 8.05. The van der Waals surface area contributed by atoms with Crippen molar-refractivity contribution in [2.24, 2.45) is 23.7 Å². The Labute approximate surface area is 127 Å². The molecule has 4 fully saturated rings. The molecule has 0 bridgehead atoms. The summed E-state index contributed by atoms with van der Waals surface area (Å²) in [6, 6.07) is 0.259. The lowest BCUT2D eigenvalue weighted by Gasteiger charge is -2.57. The van der Waals surface area contributed by atoms with E-state index in [9.17, 15) is 15.3 Å². The van der Waals surface area contributed by atoms with Gasteiger partial charge in [0.1, 0.15) is 0 Å². The minimum atomic E-state index is -0.255.